The number of piperazine rings is 1. The molecule has 2 atom stereocenters. The largest absolute Gasteiger partial charge is 0.475 e. The van der Waals surface area contributed by atoms with Crippen molar-refractivity contribution in [3.63, 3.8) is 0 Å². The standard InChI is InChI=1S/C22H21ClN4O4S/c1-12-9-27(13(2)8-26(12)10-14-6-4-3-5-7-14)21(29)17-20(23)24-15-11-32-19(16(15)25-17)18(28)22(30)31/h3-7,11-13H,8-10H2,1-2H3,(H,30,31)/t12-,13+/m0/s1. The number of Topliss-reactive ketones (excluding diaryl/α,β-unsaturated/α-hetero) is 1. The fraction of sp³-hybridized carbons (Fsp3) is 0.318. The maximum atomic E-state index is 13.3. The fourth-order valence-corrected chi connectivity index (χ4v) is 4.96. The van der Waals surface area contributed by atoms with Crippen LogP contribution in [0.15, 0.2) is 35.7 Å². The molecule has 1 amide bonds. The van der Waals surface area contributed by atoms with Crippen molar-refractivity contribution < 1.29 is 19.5 Å². The summed E-state index contributed by atoms with van der Waals surface area (Å²) in [6.45, 7) is 5.97. The van der Waals surface area contributed by atoms with Crippen molar-refractivity contribution in [1.29, 1.82) is 0 Å². The lowest BCUT2D eigenvalue weighted by molar-refractivity contribution is -0.131. The average Bonchev–Trinajstić information content (AvgIpc) is 3.17. The van der Waals surface area contributed by atoms with Gasteiger partial charge in [0, 0.05) is 37.1 Å². The Hall–Kier alpha value is -2.88. The van der Waals surface area contributed by atoms with Gasteiger partial charge < -0.3 is 10.0 Å². The van der Waals surface area contributed by atoms with Crippen molar-refractivity contribution >= 4 is 51.6 Å². The first-order valence-electron chi connectivity index (χ1n) is 10.1. The zero-order valence-corrected chi connectivity index (χ0v) is 19.1. The zero-order valence-electron chi connectivity index (χ0n) is 17.5. The molecule has 0 unspecified atom stereocenters. The number of carbonyl (C=O) groups is 3. The monoisotopic (exact) mass is 472 g/mol. The third-order valence-electron chi connectivity index (χ3n) is 5.59. The topological polar surface area (TPSA) is 104 Å². The van der Waals surface area contributed by atoms with Crippen molar-refractivity contribution in [3.05, 3.63) is 57.0 Å². The van der Waals surface area contributed by atoms with E-state index in [1.54, 1.807) is 4.90 Å². The average molecular weight is 473 g/mol. The molecule has 3 aromatic rings. The second-order valence-corrected chi connectivity index (χ2v) is 9.10. The summed E-state index contributed by atoms with van der Waals surface area (Å²) in [6.07, 6.45) is 0. The normalized spacial score (nSPS) is 19.3. The van der Waals surface area contributed by atoms with Crippen molar-refractivity contribution in [3.8, 4) is 0 Å². The van der Waals surface area contributed by atoms with Crippen LogP contribution in [0.4, 0.5) is 0 Å². The van der Waals surface area contributed by atoms with Gasteiger partial charge in [-0.05, 0) is 19.4 Å². The van der Waals surface area contributed by atoms with E-state index in [0.717, 1.165) is 17.9 Å². The number of hydrogen-bond donors (Lipinski definition) is 1. The van der Waals surface area contributed by atoms with Gasteiger partial charge in [0.15, 0.2) is 10.8 Å². The first-order valence-corrected chi connectivity index (χ1v) is 11.3. The molecule has 0 saturated carbocycles. The van der Waals surface area contributed by atoms with E-state index in [0.29, 0.717) is 13.1 Å². The number of aliphatic carboxylic acids is 1. The summed E-state index contributed by atoms with van der Waals surface area (Å²) in [5, 5.41) is 10.5. The lowest BCUT2D eigenvalue weighted by atomic mass is 10.1. The zero-order chi connectivity index (χ0) is 23.0. The summed E-state index contributed by atoms with van der Waals surface area (Å²) in [5.74, 6) is -3.06. The molecule has 10 heteroatoms. The van der Waals surface area contributed by atoms with E-state index in [2.05, 4.69) is 33.9 Å². The molecule has 1 aromatic carbocycles. The van der Waals surface area contributed by atoms with E-state index in [1.807, 2.05) is 25.1 Å². The van der Waals surface area contributed by atoms with Crippen LogP contribution < -0.4 is 0 Å². The number of hydrogen-bond acceptors (Lipinski definition) is 7. The number of nitrogens with zero attached hydrogens (tertiary/aromatic N) is 4. The number of benzene rings is 1. The SMILES string of the molecule is C[C@@H]1CN(Cc2ccccc2)[C@@H](C)CN1C(=O)c1nc2c(C(=O)C(=O)O)scc2nc1Cl. The molecule has 0 aliphatic carbocycles. The van der Waals surface area contributed by atoms with Gasteiger partial charge in [-0.25, -0.2) is 14.8 Å². The summed E-state index contributed by atoms with van der Waals surface area (Å²) >= 11 is 7.18. The van der Waals surface area contributed by atoms with Crippen molar-refractivity contribution in [2.75, 3.05) is 13.1 Å². The van der Waals surface area contributed by atoms with E-state index in [4.69, 9.17) is 16.7 Å². The highest BCUT2D eigenvalue weighted by molar-refractivity contribution is 7.14. The molecule has 1 N–H and O–H groups in total. The highest BCUT2D eigenvalue weighted by atomic mass is 35.5. The smallest absolute Gasteiger partial charge is 0.378 e. The molecule has 4 rings (SSSR count). The Labute approximate surface area is 193 Å². The summed E-state index contributed by atoms with van der Waals surface area (Å²) in [5.41, 5.74) is 1.50. The third-order valence-corrected chi connectivity index (χ3v) is 6.81. The maximum Gasteiger partial charge on any atom is 0.378 e. The highest BCUT2D eigenvalue weighted by Gasteiger charge is 2.34. The van der Waals surface area contributed by atoms with Gasteiger partial charge in [0.25, 0.3) is 11.7 Å². The predicted molar refractivity (Wildman–Crippen MR) is 121 cm³/mol. The molecule has 166 valence electrons. The number of fused-ring (bicyclic) bond motifs is 1. The second kappa shape index (κ2) is 8.93. The van der Waals surface area contributed by atoms with Crippen LogP contribution >= 0.6 is 22.9 Å². The number of amides is 1. The minimum atomic E-state index is -1.59. The minimum absolute atomic E-state index is 0.0683. The third kappa shape index (κ3) is 4.23. The summed E-state index contributed by atoms with van der Waals surface area (Å²) in [6, 6.07) is 10.2. The molecule has 1 fully saturated rings. The van der Waals surface area contributed by atoms with Gasteiger partial charge in [-0.15, -0.1) is 11.3 Å². The first kappa shape index (κ1) is 22.3. The van der Waals surface area contributed by atoms with Crippen molar-refractivity contribution in [1.82, 2.24) is 19.8 Å². The number of halogens is 1. The van der Waals surface area contributed by atoms with Crippen LogP contribution in [-0.2, 0) is 11.3 Å². The predicted octanol–water partition coefficient (Wildman–Crippen LogP) is 3.35. The van der Waals surface area contributed by atoms with Gasteiger partial charge in [0.2, 0.25) is 0 Å². The maximum absolute atomic E-state index is 13.3. The van der Waals surface area contributed by atoms with Crippen LogP contribution in [0.25, 0.3) is 11.0 Å². The molecule has 0 spiro atoms. The van der Waals surface area contributed by atoms with Crippen molar-refractivity contribution in [2.45, 2.75) is 32.5 Å². The highest BCUT2D eigenvalue weighted by Crippen LogP contribution is 2.28. The number of carboxylic acid groups (broad SMARTS) is 1. The Morgan fingerprint density at radius 1 is 1.12 bits per heavy atom. The fourth-order valence-electron chi connectivity index (χ4n) is 3.90. The van der Waals surface area contributed by atoms with E-state index in [-0.39, 0.29) is 44.7 Å². The van der Waals surface area contributed by atoms with Crippen molar-refractivity contribution in [2.24, 2.45) is 0 Å². The number of aromatic nitrogens is 2. The van der Waals surface area contributed by atoms with Gasteiger partial charge in [0.05, 0.1) is 0 Å². The first-order chi connectivity index (χ1) is 15.3. The Morgan fingerprint density at radius 2 is 1.84 bits per heavy atom. The summed E-state index contributed by atoms with van der Waals surface area (Å²) in [4.78, 5) is 48.9. The minimum Gasteiger partial charge on any atom is -0.475 e. The van der Waals surface area contributed by atoms with Crippen LogP contribution in [0.2, 0.25) is 5.15 Å². The molecular weight excluding hydrogens is 452 g/mol. The van der Waals surface area contributed by atoms with E-state index in [1.165, 1.54) is 10.9 Å². The van der Waals surface area contributed by atoms with Crippen LogP contribution in [0.5, 0.6) is 0 Å². The summed E-state index contributed by atoms with van der Waals surface area (Å²) < 4.78 is 0. The number of rotatable bonds is 5. The van der Waals surface area contributed by atoms with E-state index >= 15 is 0 Å². The number of thiophene rings is 1. The van der Waals surface area contributed by atoms with Gasteiger partial charge in [-0.1, -0.05) is 41.9 Å². The number of carboxylic acids is 1. The Balaban J connectivity index is 1.59. The number of carbonyl (C=O) groups excluding carboxylic acids is 2. The Kier molecular flexibility index (Phi) is 6.23. The molecule has 0 bridgehead atoms. The molecule has 32 heavy (non-hydrogen) atoms. The molecule has 1 aliphatic rings. The Bertz CT molecular complexity index is 1200. The lowest BCUT2D eigenvalue weighted by Crippen LogP contribution is -2.57. The van der Waals surface area contributed by atoms with E-state index < -0.39 is 11.8 Å². The second-order valence-electron chi connectivity index (χ2n) is 7.87. The van der Waals surface area contributed by atoms with Crippen LogP contribution in [-0.4, -0.2) is 67.7 Å². The quantitative estimate of drug-likeness (QED) is 0.448. The molecule has 0 radical (unpaired) electrons. The molecule has 1 saturated heterocycles. The Morgan fingerprint density at radius 3 is 2.53 bits per heavy atom. The summed E-state index contributed by atoms with van der Waals surface area (Å²) in [7, 11) is 0. The van der Waals surface area contributed by atoms with Crippen LogP contribution in [0.3, 0.4) is 0 Å². The van der Waals surface area contributed by atoms with Crippen LogP contribution in [0.1, 0.15) is 39.6 Å². The van der Waals surface area contributed by atoms with Gasteiger partial charge in [-0.2, -0.15) is 0 Å². The van der Waals surface area contributed by atoms with Gasteiger partial charge in [0.1, 0.15) is 15.9 Å². The molecule has 8 nitrogen and oxygen atoms in total. The van der Waals surface area contributed by atoms with Gasteiger partial charge >= 0.3 is 5.97 Å². The molecular formula is C22H21ClN4O4S. The van der Waals surface area contributed by atoms with Crippen LogP contribution in [0, 0.1) is 0 Å². The van der Waals surface area contributed by atoms with Gasteiger partial charge in [-0.3, -0.25) is 14.5 Å². The molecule has 3 heterocycles. The molecule has 1 aliphatic heterocycles. The number of ketones is 1. The lowest BCUT2D eigenvalue weighted by Gasteiger charge is -2.44. The molecule has 2 aromatic heterocycles. The van der Waals surface area contributed by atoms with E-state index in [9.17, 15) is 14.4 Å².